The van der Waals surface area contributed by atoms with Gasteiger partial charge in [-0.05, 0) is 64.8 Å². The highest BCUT2D eigenvalue weighted by Crippen LogP contribution is 2.43. The van der Waals surface area contributed by atoms with Crippen LogP contribution in [0.4, 0.5) is 5.69 Å². The van der Waals surface area contributed by atoms with Crippen LogP contribution in [0.15, 0.2) is 72.3 Å². The van der Waals surface area contributed by atoms with Gasteiger partial charge in [0, 0.05) is 11.3 Å². The van der Waals surface area contributed by atoms with Gasteiger partial charge >= 0.3 is 5.97 Å². The van der Waals surface area contributed by atoms with E-state index in [-0.39, 0.29) is 23.2 Å². The predicted octanol–water partition coefficient (Wildman–Crippen LogP) is 6.11. The Hall–Kier alpha value is -4.19. The molecule has 1 heterocycles. The summed E-state index contributed by atoms with van der Waals surface area (Å²) in [4.78, 5) is 39.5. The summed E-state index contributed by atoms with van der Waals surface area (Å²) in [6, 6.07) is 19.2. The molecule has 6 heteroatoms. The van der Waals surface area contributed by atoms with Crippen LogP contribution in [0.2, 0.25) is 0 Å². The van der Waals surface area contributed by atoms with Gasteiger partial charge in [0.1, 0.15) is 5.76 Å². The van der Waals surface area contributed by atoms with Crippen molar-refractivity contribution in [3.05, 3.63) is 106 Å². The third-order valence-electron chi connectivity index (χ3n) is 7.08. The van der Waals surface area contributed by atoms with E-state index in [1.807, 2.05) is 56.3 Å². The molecule has 196 valence electrons. The molecule has 3 aromatic carbocycles. The Labute approximate surface area is 223 Å². The fourth-order valence-corrected chi connectivity index (χ4v) is 4.79. The van der Waals surface area contributed by atoms with E-state index >= 15 is 0 Å². The lowest BCUT2D eigenvalue weighted by Crippen LogP contribution is -2.29. The van der Waals surface area contributed by atoms with Crippen molar-refractivity contribution in [2.24, 2.45) is 0 Å². The molecule has 4 rings (SSSR count). The average molecular weight is 512 g/mol. The normalized spacial score (nSPS) is 17.2. The number of benzene rings is 3. The quantitative estimate of drug-likeness (QED) is 0.237. The Balaban J connectivity index is 1.92. The number of aliphatic hydroxyl groups is 1. The number of ketones is 1. The number of amides is 1. The maximum atomic E-state index is 13.5. The van der Waals surface area contributed by atoms with E-state index in [1.54, 1.807) is 24.3 Å². The van der Waals surface area contributed by atoms with Gasteiger partial charge in [0.15, 0.2) is 0 Å². The number of nitrogens with zero attached hydrogens (tertiary/aromatic N) is 1. The maximum absolute atomic E-state index is 13.5. The maximum Gasteiger partial charge on any atom is 0.307 e. The molecule has 1 fully saturated rings. The van der Waals surface area contributed by atoms with Gasteiger partial charge in [-0.1, -0.05) is 76.2 Å². The molecule has 1 saturated heterocycles. The highest BCUT2D eigenvalue weighted by atomic mass is 16.4. The molecule has 1 atom stereocenters. The minimum Gasteiger partial charge on any atom is -0.507 e. The van der Waals surface area contributed by atoms with Crippen LogP contribution in [-0.4, -0.2) is 27.9 Å². The number of carboxylic acids is 1. The largest absolute Gasteiger partial charge is 0.507 e. The van der Waals surface area contributed by atoms with Gasteiger partial charge in [-0.2, -0.15) is 0 Å². The third kappa shape index (κ3) is 5.12. The number of anilines is 1. The van der Waals surface area contributed by atoms with Crippen molar-refractivity contribution >= 4 is 29.1 Å². The molecular weight excluding hydrogens is 478 g/mol. The molecule has 2 N–H and O–H groups in total. The van der Waals surface area contributed by atoms with Gasteiger partial charge in [-0.3, -0.25) is 19.3 Å². The fourth-order valence-electron chi connectivity index (χ4n) is 4.79. The van der Waals surface area contributed by atoms with Gasteiger partial charge in [0.2, 0.25) is 0 Å². The summed E-state index contributed by atoms with van der Waals surface area (Å²) in [6.07, 6.45) is 0.689. The van der Waals surface area contributed by atoms with Crippen molar-refractivity contribution in [1.29, 1.82) is 0 Å². The van der Waals surface area contributed by atoms with E-state index < -0.39 is 23.7 Å². The molecule has 3 aromatic rings. The predicted molar refractivity (Wildman–Crippen MR) is 148 cm³/mol. The van der Waals surface area contributed by atoms with Crippen LogP contribution in [-0.2, 0) is 32.6 Å². The van der Waals surface area contributed by atoms with Crippen LogP contribution in [0, 0.1) is 6.92 Å². The van der Waals surface area contributed by atoms with Gasteiger partial charge in [-0.15, -0.1) is 0 Å². The summed E-state index contributed by atoms with van der Waals surface area (Å²) in [5, 5.41) is 20.7. The Morgan fingerprint density at radius 2 is 1.50 bits per heavy atom. The lowest BCUT2D eigenvalue weighted by Gasteiger charge is -2.26. The zero-order valence-electron chi connectivity index (χ0n) is 22.4. The molecule has 1 unspecified atom stereocenters. The molecule has 0 aliphatic carbocycles. The number of aryl methyl sites for hydroxylation is 2. The zero-order chi connectivity index (χ0) is 27.8. The minimum atomic E-state index is -0.956. The van der Waals surface area contributed by atoms with E-state index in [1.165, 1.54) is 4.90 Å². The van der Waals surface area contributed by atoms with Crippen LogP contribution >= 0.6 is 0 Å². The first-order valence-electron chi connectivity index (χ1n) is 12.7. The van der Waals surface area contributed by atoms with Crippen molar-refractivity contribution in [3.8, 4) is 0 Å². The monoisotopic (exact) mass is 511 g/mol. The number of carboxylic acid groups (broad SMARTS) is 1. The van der Waals surface area contributed by atoms with E-state index in [0.29, 0.717) is 22.4 Å². The molecule has 0 spiro atoms. The summed E-state index contributed by atoms with van der Waals surface area (Å²) in [6.45, 7) is 10.1. The second-order valence-corrected chi connectivity index (χ2v) is 10.8. The van der Waals surface area contributed by atoms with E-state index in [9.17, 15) is 19.5 Å². The molecular formula is C32H33NO5. The summed E-state index contributed by atoms with van der Waals surface area (Å²) >= 11 is 0. The number of aliphatic carboxylic acids is 1. The zero-order valence-corrected chi connectivity index (χ0v) is 22.4. The van der Waals surface area contributed by atoms with Crippen molar-refractivity contribution < 1.29 is 24.6 Å². The first-order chi connectivity index (χ1) is 17.9. The van der Waals surface area contributed by atoms with E-state index in [0.717, 1.165) is 23.1 Å². The van der Waals surface area contributed by atoms with Crippen LogP contribution in [0.25, 0.3) is 5.76 Å². The Morgan fingerprint density at radius 3 is 2.05 bits per heavy atom. The van der Waals surface area contributed by atoms with E-state index in [4.69, 9.17) is 5.11 Å². The summed E-state index contributed by atoms with van der Waals surface area (Å²) in [7, 11) is 0. The first-order valence-corrected chi connectivity index (χ1v) is 12.7. The topological polar surface area (TPSA) is 94.9 Å². The standard InChI is InChI=1S/C32H33NO5/c1-6-20-8-12-22(13-9-20)28-27(29(36)25-18-23(32(3,4)5)14-7-19(25)2)30(37)31(38)33(28)24-15-10-21(11-16-24)17-26(34)35/h7-16,18,28,36H,6,17H2,1-5H3,(H,34,35)/b29-27+. The van der Waals surface area contributed by atoms with Crippen LogP contribution < -0.4 is 4.90 Å². The molecule has 1 aliphatic heterocycles. The molecule has 38 heavy (non-hydrogen) atoms. The van der Waals surface area contributed by atoms with Crippen LogP contribution in [0.3, 0.4) is 0 Å². The van der Waals surface area contributed by atoms with Gasteiger partial charge in [0.25, 0.3) is 11.7 Å². The SMILES string of the molecule is CCc1ccc(C2/C(=C(\O)c3cc(C(C)(C)C)ccc3C)C(=O)C(=O)N2c2ccc(CC(=O)O)cc2)cc1. The number of carbonyl (C=O) groups is 3. The highest BCUT2D eigenvalue weighted by Gasteiger charge is 2.47. The van der Waals surface area contributed by atoms with Crippen LogP contribution in [0.1, 0.15) is 67.1 Å². The van der Waals surface area contributed by atoms with Gasteiger partial charge in [0.05, 0.1) is 18.0 Å². The molecule has 1 aliphatic rings. The van der Waals surface area contributed by atoms with Gasteiger partial charge in [-0.25, -0.2) is 0 Å². The molecule has 0 radical (unpaired) electrons. The Kier molecular flexibility index (Phi) is 7.27. The molecule has 0 bridgehead atoms. The second kappa shape index (κ2) is 10.3. The van der Waals surface area contributed by atoms with E-state index in [2.05, 4.69) is 20.8 Å². The second-order valence-electron chi connectivity index (χ2n) is 10.8. The number of carbonyl (C=O) groups excluding carboxylic acids is 2. The lowest BCUT2D eigenvalue weighted by molar-refractivity contribution is -0.136. The number of aliphatic hydroxyl groups excluding tert-OH is 1. The molecule has 0 saturated carbocycles. The molecule has 0 aromatic heterocycles. The number of hydrogen-bond donors (Lipinski definition) is 2. The van der Waals surface area contributed by atoms with Crippen molar-refractivity contribution in [2.75, 3.05) is 4.90 Å². The molecule has 6 nitrogen and oxygen atoms in total. The van der Waals surface area contributed by atoms with Crippen LogP contribution in [0.5, 0.6) is 0 Å². The van der Waals surface area contributed by atoms with Crippen molar-refractivity contribution in [1.82, 2.24) is 0 Å². The number of Topliss-reactive ketones (excluding diaryl/α,β-unsaturated/α-hetero) is 1. The van der Waals surface area contributed by atoms with Crippen molar-refractivity contribution in [3.63, 3.8) is 0 Å². The van der Waals surface area contributed by atoms with Crippen molar-refractivity contribution in [2.45, 2.75) is 58.9 Å². The minimum absolute atomic E-state index is 0.0306. The number of rotatable bonds is 6. The smallest absolute Gasteiger partial charge is 0.307 e. The van der Waals surface area contributed by atoms with Gasteiger partial charge < -0.3 is 10.2 Å². The molecule has 1 amide bonds. The summed E-state index contributed by atoms with van der Waals surface area (Å²) in [5.41, 5.74) is 4.99. The highest BCUT2D eigenvalue weighted by molar-refractivity contribution is 6.51. The summed E-state index contributed by atoms with van der Waals surface area (Å²) < 4.78 is 0. The average Bonchev–Trinajstić information content (AvgIpc) is 3.13. The lowest BCUT2D eigenvalue weighted by atomic mass is 9.84. The summed E-state index contributed by atoms with van der Waals surface area (Å²) in [5.74, 6) is -2.67. The Morgan fingerprint density at radius 1 is 0.895 bits per heavy atom. The number of hydrogen-bond acceptors (Lipinski definition) is 4. The third-order valence-corrected chi connectivity index (χ3v) is 7.08. The fraction of sp³-hybridized carbons (Fsp3) is 0.281. The first kappa shape index (κ1) is 26.9. The Bertz CT molecular complexity index is 1430.